The largest absolute Gasteiger partial charge is 0.396 e. The SMILES string of the molecule is CCc1nn(C)c(CC(CN)CO)c1Cl. The summed E-state index contributed by atoms with van der Waals surface area (Å²) in [5.41, 5.74) is 7.40. The molecule has 5 heteroatoms. The number of nitrogens with zero attached hydrogens (tertiary/aromatic N) is 2. The molecular formula is C10H18ClN3O. The molecule has 0 saturated heterocycles. The third-order valence-electron chi connectivity index (χ3n) is 2.58. The number of aryl methyl sites for hydroxylation is 2. The molecule has 86 valence electrons. The van der Waals surface area contributed by atoms with Gasteiger partial charge in [0.05, 0.1) is 16.4 Å². The van der Waals surface area contributed by atoms with Gasteiger partial charge in [0.1, 0.15) is 0 Å². The molecule has 4 nitrogen and oxygen atoms in total. The quantitative estimate of drug-likeness (QED) is 0.786. The highest BCUT2D eigenvalue weighted by Gasteiger charge is 2.16. The van der Waals surface area contributed by atoms with Crippen molar-refractivity contribution >= 4 is 11.6 Å². The van der Waals surface area contributed by atoms with Gasteiger partial charge in [0.2, 0.25) is 0 Å². The van der Waals surface area contributed by atoms with E-state index in [-0.39, 0.29) is 12.5 Å². The fourth-order valence-electron chi connectivity index (χ4n) is 1.54. The Morgan fingerprint density at radius 2 is 2.27 bits per heavy atom. The lowest BCUT2D eigenvalue weighted by Crippen LogP contribution is -2.21. The fraction of sp³-hybridized carbons (Fsp3) is 0.700. The monoisotopic (exact) mass is 231 g/mol. The lowest BCUT2D eigenvalue weighted by molar-refractivity contribution is 0.228. The van der Waals surface area contributed by atoms with Crippen LogP contribution < -0.4 is 5.73 Å². The topological polar surface area (TPSA) is 64.1 Å². The standard InChI is InChI=1S/C10H18ClN3O/c1-3-8-10(11)9(14(2)13-8)4-7(5-12)6-15/h7,15H,3-6,12H2,1-2H3. The maximum absolute atomic E-state index is 9.08. The van der Waals surface area contributed by atoms with Gasteiger partial charge in [-0.15, -0.1) is 0 Å². The summed E-state index contributed by atoms with van der Waals surface area (Å²) in [6.07, 6.45) is 1.49. The Labute approximate surface area is 95.0 Å². The number of hydrogen-bond donors (Lipinski definition) is 2. The van der Waals surface area contributed by atoms with Crippen molar-refractivity contribution in [1.29, 1.82) is 0 Å². The Hall–Kier alpha value is -0.580. The van der Waals surface area contributed by atoms with E-state index in [4.69, 9.17) is 22.4 Å². The predicted octanol–water partition coefficient (Wildman–Crippen LogP) is 0.746. The second kappa shape index (κ2) is 5.49. The summed E-state index contributed by atoms with van der Waals surface area (Å²) in [6, 6.07) is 0. The number of aliphatic hydroxyl groups excluding tert-OH is 1. The van der Waals surface area contributed by atoms with Gasteiger partial charge in [-0.2, -0.15) is 5.10 Å². The summed E-state index contributed by atoms with van der Waals surface area (Å²) in [5, 5.41) is 14.1. The van der Waals surface area contributed by atoms with Gasteiger partial charge in [-0.3, -0.25) is 4.68 Å². The van der Waals surface area contributed by atoms with Crippen LogP contribution in [0.25, 0.3) is 0 Å². The minimum atomic E-state index is 0.0580. The van der Waals surface area contributed by atoms with Crippen molar-refractivity contribution in [2.24, 2.45) is 18.7 Å². The first-order valence-electron chi connectivity index (χ1n) is 5.15. The molecule has 0 spiro atoms. The molecule has 0 aliphatic carbocycles. The maximum Gasteiger partial charge on any atom is 0.0849 e. The molecular weight excluding hydrogens is 214 g/mol. The van der Waals surface area contributed by atoms with Crippen LogP contribution in [0.2, 0.25) is 5.02 Å². The van der Waals surface area contributed by atoms with Gasteiger partial charge in [0, 0.05) is 13.7 Å². The molecule has 15 heavy (non-hydrogen) atoms. The summed E-state index contributed by atoms with van der Waals surface area (Å²) in [6.45, 7) is 2.56. The summed E-state index contributed by atoms with van der Waals surface area (Å²) < 4.78 is 1.78. The maximum atomic E-state index is 9.08. The third-order valence-corrected chi connectivity index (χ3v) is 3.01. The van der Waals surface area contributed by atoms with Gasteiger partial charge in [-0.25, -0.2) is 0 Å². The molecule has 0 fully saturated rings. The normalized spacial score (nSPS) is 13.1. The molecule has 1 aromatic heterocycles. The fourth-order valence-corrected chi connectivity index (χ4v) is 1.91. The van der Waals surface area contributed by atoms with E-state index in [1.165, 1.54) is 0 Å². The summed E-state index contributed by atoms with van der Waals surface area (Å²) >= 11 is 6.18. The lowest BCUT2D eigenvalue weighted by Gasteiger charge is -2.11. The predicted molar refractivity (Wildman–Crippen MR) is 60.9 cm³/mol. The zero-order valence-corrected chi connectivity index (χ0v) is 9.96. The van der Waals surface area contributed by atoms with Gasteiger partial charge in [-0.1, -0.05) is 18.5 Å². The first-order valence-corrected chi connectivity index (χ1v) is 5.52. The number of hydrogen-bond acceptors (Lipinski definition) is 3. The van der Waals surface area contributed by atoms with Crippen LogP contribution in [0.3, 0.4) is 0 Å². The molecule has 0 aliphatic heterocycles. The summed E-state index contributed by atoms with van der Waals surface area (Å²) in [7, 11) is 1.87. The molecule has 0 amide bonds. The highest BCUT2D eigenvalue weighted by atomic mass is 35.5. The lowest BCUT2D eigenvalue weighted by atomic mass is 10.0. The van der Waals surface area contributed by atoms with E-state index in [0.717, 1.165) is 17.8 Å². The highest BCUT2D eigenvalue weighted by Crippen LogP contribution is 2.23. The smallest absolute Gasteiger partial charge is 0.0849 e. The second-order valence-electron chi connectivity index (χ2n) is 3.67. The number of aliphatic hydroxyl groups is 1. The van der Waals surface area contributed by atoms with Crippen molar-refractivity contribution in [3.05, 3.63) is 16.4 Å². The van der Waals surface area contributed by atoms with Crippen molar-refractivity contribution in [2.45, 2.75) is 19.8 Å². The molecule has 1 heterocycles. The van der Waals surface area contributed by atoms with Crippen LogP contribution in [0.1, 0.15) is 18.3 Å². The Morgan fingerprint density at radius 3 is 2.67 bits per heavy atom. The molecule has 1 aromatic rings. The van der Waals surface area contributed by atoms with E-state index in [1.807, 2.05) is 14.0 Å². The first kappa shape index (κ1) is 12.5. The molecule has 0 radical (unpaired) electrons. The number of rotatable bonds is 5. The van der Waals surface area contributed by atoms with Crippen LogP contribution in [0.4, 0.5) is 0 Å². The van der Waals surface area contributed by atoms with E-state index < -0.39 is 0 Å². The van der Waals surface area contributed by atoms with Crippen LogP contribution >= 0.6 is 11.6 Å². The van der Waals surface area contributed by atoms with E-state index >= 15 is 0 Å². The van der Waals surface area contributed by atoms with Gasteiger partial charge in [-0.05, 0) is 25.3 Å². The molecule has 1 rings (SSSR count). The highest BCUT2D eigenvalue weighted by molar-refractivity contribution is 6.31. The van der Waals surface area contributed by atoms with E-state index in [1.54, 1.807) is 4.68 Å². The van der Waals surface area contributed by atoms with Gasteiger partial charge in [0.25, 0.3) is 0 Å². The minimum absolute atomic E-state index is 0.0580. The molecule has 0 aliphatic rings. The third kappa shape index (κ3) is 2.71. The summed E-state index contributed by atoms with van der Waals surface area (Å²) in [4.78, 5) is 0. The second-order valence-corrected chi connectivity index (χ2v) is 4.05. The zero-order valence-electron chi connectivity index (χ0n) is 9.20. The van der Waals surface area contributed by atoms with Crippen LogP contribution in [-0.2, 0) is 19.9 Å². The van der Waals surface area contributed by atoms with Crippen molar-refractivity contribution in [3.63, 3.8) is 0 Å². The average molecular weight is 232 g/mol. The van der Waals surface area contributed by atoms with Crippen molar-refractivity contribution < 1.29 is 5.11 Å². The van der Waals surface area contributed by atoms with Crippen LogP contribution in [0.5, 0.6) is 0 Å². The van der Waals surface area contributed by atoms with Crippen molar-refractivity contribution in [1.82, 2.24) is 9.78 Å². The van der Waals surface area contributed by atoms with E-state index in [0.29, 0.717) is 18.0 Å². The Balaban J connectivity index is 2.88. The number of aromatic nitrogens is 2. The van der Waals surface area contributed by atoms with Crippen molar-refractivity contribution in [3.8, 4) is 0 Å². The molecule has 1 unspecified atom stereocenters. The Morgan fingerprint density at radius 1 is 1.60 bits per heavy atom. The van der Waals surface area contributed by atoms with Crippen molar-refractivity contribution in [2.75, 3.05) is 13.2 Å². The number of halogens is 1. The molecule has 0 bridgehead atoms. The van der Waals surface area contributed by atoms with Gasteiger partial charge < -0.3 is 10.8 Å². The van der Waals surface area contributed by atoms with Crippen LogP contribution in [0.15, 0.2) is 0 Å². The van der Waals surface area contributed by atoms with E-state index in [9.17, 15) is 0 Å². The molecule has 0 saturated carbocycles. The minimum Gasteiger partial charge on any atom is -0.396 e. The number of nitrogens with two attached hydrogens (primary N) is 1. The van der Waals surface area contributed by atoms with Crippen LogP contribution in [-0.4, -0.2) is 28.0 Å². The van der Waals surface area contributed by atoms with Crippen LogP contribution in [0, 0.1) is 5.92 Å². The first-order chi connectivity index (χ1) is 7.13. The van der Waals surface area contributed by atoms with Gasteiger partial charge >= 0.3 is 0 Å². The Bertz CT molecular complexity index is 321. The zero-order chi connectivity index (χ0) is 11.4. The Kier molecular flexibility index (Phi) is 4.57. The molecule has 3 N–H and O–H groups in total. The molecule has 0 aromatic carbocycles. The van der Waals surface area contributed by atoms with Gasteiger partial charge in [0.15, 0.2) is 0 Å². The molecule has 1 atom stereocenters. The summed E-state index contributed by atoms with van der Waals surface area (Å²) in [5.74, 6) is 0.0580. The average Bonchev–Trinajstić information content (AvgIpc) is 2.51. The van der Waals surface area contributed by atoms with E-state index in [2.05, 4.69) is 5.10 Å².